The molecule has 2 aromatic carbocycles. The van der Waals surface area contributed by atoms with E-state index in [9.17, 15) is 4.79 Å². The topological polar surface area (TPSA) is 59.2 Å². The summed E-state index contributed by atoms with van der Waals surface area (Å²) >= 11 is 0. The maximum absolute atomic E-state index is 13.0. The number of benzene rings is 2. The van der Waals surface area contributed by atoms with Gasteiger partial charge in [-0.2, -0.15) is 0 Å². The number of fused-ring (bicyclic) bond motifs is 3. The van der Waals surface area contributed by atoms with E-state index < -0.39 is 0 Å². The summed E-state index contributed by atoms with van der Waals surface area (Å²) < 4.78 is 0. The highest BCUT2D eigenvalue weighted by Gasteiger charge is 2.18. The van der Waals surface area contributed by atoms with Crippen LogP contribution in [0.5, 0.6) is 0 Å². The van der Waals surface area contributed by atoms with Gasteiger partial charge in [-0.15, -0.1) is 24.8 Å². The van der Waals surface area contributed by atoms with Crippen LogP contribution >= 0.6 is 24.8 Å². The standard InChI is InChI=1S/C21H25N3O.2ClH/c1-14(2)19(22)10-12-24(3)21(25)18-13-15-7-4-5-8-16(15)17-9-6-11-23-20(17)18;;/h4-9,11,13-14,19H,10,12,22H2,1-3H3;2*1H. The van der Waals surface area contributed by atoms with Gasteiger partial charge in [0.25, 0.3) is 5.91 Å². The second-order valence-corrected chi connectivity index (χ2v) is 6.97. The van der Waals surface area contributed by atoms with Gasteiger partial charge in [-0.1, -0.05) is 44.2 Å². The average Bonchev–Trinajstić information content (AvgIpc) is 2.64. The predicted octanol–water partition coefficient (Wildman–Crippen LogP) is 4.68. The van der Waals surface area contributed by atoms with Crippen molar-refractivity contribution in [3.05, 3.63) is 54.2 Å². The lowest BCUT2D eigenvalue weighted by molar-refractivity contribution is 0.0791. The Morgan fingerprint density at radius 1 is 1.11 bits per heavy atom. The van der Waals surface area contributed by atoms with Crippen molar-refractivity contribution in [1.29, 1.82) is 0 Å². The molecule has 1 atom stereocenters. The number of hydrogen-bond acceptors (Lipinski definition) is 3. The van der Waals surface area contributed by atoms with Crippen LogP contribution in [0.25, 0.3) is 21.7 Å². The van der Waals surface area contributed by atoms with Gasteiger partial charge >= 0.3 is 0 Å². The summed E-state index contributed by atoms with van der Waals surface area (Å²) in [6.45, 7) is 4.85. The summed E-state index contributed by atoms with van der Waals surface area (Å²) in [5.74, 6) is 0.400. The van der Waals surface area contributed by atoms with Crippen LogP contribution in [0.4, 0.5) is 0 Å². The molecule has 1 aromatic heterocycles. The van der Waals surface area contributed by atoms with E-state index in [1.165, 1.54) is 0 Å². The molecule has 3 aromatic rings. The van der Waals surface area contributed by atoms with Crippen LogP contribution < -0.4 is 5.73 Å². The quantitative estimate of drug-likeness (QED) is 0.624. The van der Waals surface area contributed by atoms with Crippen molar-refractivity contribution in [1.82, 2.24) is 9.88 Å². The largest absolute Gasteiger partial charge is 0.342 e. The van der Waals surface area contributed by atoms with Crippen LogP contribution in [-0.4, -0.2) is 35.4 Å². The van der Waals surface area contributed by atoms with Gasteiger partial charge < -0.3 is 10.6 Å². The zero-order valence-electron chi connectivity index (χ0n) is 15.9. The molecule has 1 amide bonds. The van der Waals surface area contributed by atoms with Gasteiger partial charge in [0.05, 0.1) is 11.1 Å². The molecule has 1 unspecified atom stereocenters. The molecule has 0 aliphatic carbocycles. The molecule has 0 saturated heterocycles. The monoisotopic (exact) mass is 407 g/mol. The number of amides is 1. The Hall–Kier alpha value is -1.88. The van der Waals surface area contributed by atoms with E-state index in [0.29, 0.717) is 18.0 Å². The molecule has 0 aliphatic heterocycles. The van der Waals surface area contributed by atoms with Crippen LogP contribution in [0.2, 0.25) is 0 Å². The molecule has 27 heavy (non-hydrogen) atoms. The minimum Gasteiger partial charge on any atom is -0.342 e. The SMILES string of the molecule is CC(C)C(N)CCN(C)C(=O)c1cc2ccccc2c2cccnc12.Cl.Cl. The number of nitrogens with two attached hydrogens (primary N) is 1. The normalized spacial score (nSPS) is 11.7. The van der Waals surface area contributed by atoms with Crippen molar-refractivity contribution in [2.24, 2.45) is 11.7 Å². The lowest BCUT2D eigenvalue weighted by Gasteiger charge is -2.22. The maximum Gasteiger partial charge on any atom is 0.255 e. The molecular formula is C21H27Cl2N3O. The molecular weight excluding hydrogens is 381 g/mol. The molecule has 0 radical (unpaired) electrons. The highest BCUT2D eigenvalue weighted by atomic mass is 35.5. The van der Waals surface area contributed by atoms with Crippen LogP contribution in [-0.2, 0) is 0 Å². The highest BCUT2D eigenvalue weighted by Crippen LogP contribution is 2.28. The summed E-state index contributed by atoms with van der Waals surface area (Å²) in [7, 11) is 1.83. The Labute approximate surface area is 173 Å². The number of rotatable bonds is 5. The van der Waals surface area contributed by atoms with E-state index in [0.717, 1.165) is 28.1 Å². The zero-order chi connectivity index (χ0) is 18.0. The molecule has 0 fully saturated rings. The van der Waals surface area contributed by atoms with E-state index >= 15 is 0 Å². The van der Waals surface area contributed by atoms with Gasteiger partial charge in [-0.25, -0.2) is 0 Å². The molecule has 0 spiro atoms. The first-order valence-corrected chi connectivity index (χ1v) is 8.76. The van der Waals surface area contributed by atoms with Crippen molar-refractivity contribution >= 4 is 52.4 Å². The summed E-state index contributed by atoms with van der Waals surface area (Å²) in [4.78, 5) is 19.3. The molecule has 1 heterocycles. The molecule has 0 aliphatic rings. The van der Waals surface area contributed by atoms with E-state index in [2.05, 4.69) is 24.9 Å². The van der Waals surface area contributed by atoms with Crippen molar-refractivity contribution in [3.63, 3.8) is 0 Å². The van der Waals surface area contributed by atoms with Crippen molar-refractivity contribution in [3.8, 4) is 0 Å². The Kier molecular flexibility index (Phi) is 8.48. The second kappa shape index (κ2) is 9.88. The van der Waals surface area contributed by atoms with E-state index in [-0.39, 0.29) is 36.8 Å². The molecule has 3 rings (SSSR count). The first-order valence-electron chi connectivity index (χ1n) is 8.76. The Morgan fingerprint density at radius 3 is 2.48 bits per heavy atom. The van der Waals surface area contributed by atoms with E-state index in [1.807, 2.05) is 43.4 Å². The number of hydrogen-bond donors (Lipinski definition) is 1. The number of carbonyl (C=O) groups is 1. The van der Waals surface area contributed by atoms with Crippen LogP contribution in [0.15, 0.2) is 48.7 Å². The number of halogens is 2. The second-order valence-electron chi connectivity index (χ2n) is 6.97. The first-order chi connectivity index (χ1) is 12.0. The summed E-state index contributed by atoms with van der Waals surface area (Å²) in [5.41, 5.74) is 7.52. The average molecular weight is 408 g/mol. The molecule has 0 saturated carbocycles. The van der Waals surface area contributed by atoms with Crippen LogP contribution in [0, 0.1) is 5.92 Å². The Bertz CT molecular complexity index is 914. The smallest absolute Gasteiger partial charge is 0.255 e. The minimum absolute atomic E-state index is 0. The fourth-order valence-electron chi connectivity index (χ4n) is 3.08. The highest BCUT2D eigenvalue weighted by molar-refractivity contribution is 6.15. The molecule has 146 valence electrons. The number of nitrogens with zero attached hydrogens (tertiary/aromatic N) is 2. The van der Waals surface area contributed by atoms with Crippen molar-refractivity contribution < 1.29 is 4.79 Å². The lowest BCUT2D eigenvalue weighted by Crippen LogP contribution is -2.34. The third-order valence-corrected chi connectivity index (χ3v) is 4.84. The Balaban J connectivity index is 0.00000182. The van der Waals surface area contributed by atoms with Gasteiger partial charge in [0, 0.05) is 31.2 Å². The summed E-state index contributed by atoms with van der Waals surface area (Å²) in [5, 5.41) is 3.18. The number of carbonyl (C=O) groups excluding carboxylic acids is 1. The van der Waals surface area contributed by atoms with Crippen molar-refractivity contribution in [2.75, 3.05) is 13.6 Å². The van der Waals surface area contributed by atoms with Gasteiger partial charge in [0.15, 0.2) is 0 Å². The van der Waals surface area contributed by atoms with Crippen LogP contribution in [0.1, 0.15) is 30.6 Å². The third kappa shape index (κ3) is 4.89. The maximum atomic E-state index is 13.0. The van der Waals surface area contributed by atoms with E-state index in [1.54, 1.807) is 11.1 Å². The van der Waals surface area contributed by atoms with E-state index in [4.69, 9.17) is 5.73 Å². The first kappa shape index (κ1) is 23.2. The minimum atomic E-state index is -0.00888. The number of pyridine rings is 1. The van der Waals surface area contributed by atoms with Gasteiger partial charge in [-0.3, -0.25) is 9.78 Å². The predicted molar refractivity (Wildman–Crippen MR) is 118 cm³/mol. The van der Waals surface area contributed by atoms with Gasteiger partial charge in [-0.05, 0) is 35.2 Å². The third-order valence-electron chi connectivity index (χ3n) is 4.84. The van der Waals surface area contributed by atoms with Crippen molar-refractivity contribution in [2.45, 2.75) is 26.3 Å². The molecule has 4 nitrogen and oxygen atoms in total. The molecule has 6 heteroatoms. The fourth-order valence-corrected chi connectivity index (χ4v) is 3.08. The van der Waals surface area contributed by atoms with Gasteiger partial charge in [0.2, 0.25) is 0 Å². The van der Waals surface area contributed by atoms with Gasteiger partial charge in [0.1, 0.15) is 0 Å². The molecule has 0 bridgehead atoms. The molecule has 2 N–H and O–H groups in total. The number of aromatic nitrogens is 1. The zero-order valence-corrected chi connectivity index (χ0v) is 17.5. The van der Waals surface area contributed by atoms with Crippen LogP contribution in [0.3, 0.4) is 0 Å². The lowest BCUT2D eigenvalue weighted by atomic mass is 9.99. The summed E-state index contributed by atoms with van der Waals surface area (Å²) in [6.07, 6.45) is 2.53. The fraction of sp³-hybridized carbons (Fsp3) is 0.333. The summed E-state index contributed by atoms with van der Waals surface area (Å²) in [6, 6.07) is 14.1. The Morgan fingerprint density at radius 2 is 1.78 bits per heavy atom.